The molecule has 1 aromatic carbocycles. The first-order valence-corrected chi connectivity index (χ1v) is 5.10. The third-order valence-corrected chi connectivity index (χ3v) is 2.23. The third kappa shape index (κ3) is 3.30. The molecule has 2 nitrogen and oxygen atoms in total. The Kier molecular flexibility index (Phi) is 4.94. The van der Waals surface area contributed by atoms with Gasteiger partial charge in [-0.05, 0) is 18.5 Å². The van der Waals surface area contributed by atoms with E-state index < -0.39 is 0 Å². The number of rotatable bonds is 6. The summed E-state index contributed by atoms with van der Waals surface area (Å²) in [6.07, 6.45) is 2.47. The van der Waals surface area contributed by atoms with Crippen molar-refractivity contribution in [3.8, 4) is 0 Å². The summed E-state index contributed by atoms with van der Waals surface area (Å²) in [6.45, 7) is 3.01. The standard InChI is InChI=1S/C12H17NO/c1-2-13-12(9-6-10-14)11-7-4-3-5-8-11/h3-5,7-8,10,12-13H,2,6,9H2,1H3. The van der Waals surface area contributed by atoms with Crippen molar-refractivity contribution in [1.82, 2.24) is 5.32 Å². The summed E-state index contributed by atoms with van der Waals surface area (Å²) in [5.74, 6) is 0. The molecule has 0 radical (unpaired) electrons. The lowest BCUT2D eigenvalue weighted by Crippen LogP contribution is -2.20. The SMILES string of the molecule is CCNC(CCC=O)c1ccccc1. The van der Waals surface area contributed by atoms with Crippen molar-refractivity contribution in [3.63, 3.8) is 0 Å². The molecule has 0 aromatic heterocycles. The van der Waals surface area contributed by atoms with Crippen LogP contribution in [0.1, 0.15) is 31.4 Å². The van der Waals surface area contributed by atoms with E-state index in [4.69, 9.17) is 0 Å². The highest BCUT2D eigenvalue weighted by Crippen LogP contribution is 2.16. The van der Waals surface area contributed by atoms with Crippen molar-refractivity contribution in [2.45, 2.75) is 25.8 Å². The van der Waals surface area contributed by atoms with Crippen LogP contribution in [0.5, 0.6) is 0 Å². The van der Waals surface area contributed by atoms with Crippen LogP contribution in [0.15, 0.2) is 30.3 Å². The molecule has 0 spiro atoms. The smallest absolute Gasteiger partial charge is 0.120 e. The monoisotopic (exact) mass is 191 g/mol. The molecule has 2 heteroatoms. The quantitative estimate of drug-likeness (QED) is 0.699. The van der Waals surface area contributed by atoms with Gasteiger partial charge < -0.3 is 10.1 Å². The van der Waals surface area contributed by atoms with Gasteiger partial charge in [0.25, 0.3) is 0 Å². The normalized spacial score (nSPS) is 12.4. The van der Waals surface area contributed by atoms with Gasteiger partial charge in [0.05, 0.1) is 0 Å². The van der Waals surface area contributed by atoms with Gasteiger partial charge in [-0.15, -0.1) is 0 Å². The molecule has 1 atom stereocenters. The maximum Gasteiger partial charge on any atom is 0.120 e. The van der Waals surface area contributed by atoms with E-state index in [-0.39, 0.29) is 0 Å². The van der Waals surface area contributed by atoms with Crippen LogP contribution in [0.4, 0.5) is 0 Å². The van der Waals surface area contributed by atoms with E-state index in [1.165, 1.54) is 5.56 Å². The van der Waals surface area contributed by atoms with E-state index >= 15 is 0 Å². The molecule has 0 fully saturated rings. The molecule has 1 rings (SSSR count). The van der Waals surface area contributed by atoms with Crippen molar-refractivity contribution in [2.75, 3.05) is 6.54 Å². The number of benzene rings is 1. The molecule has 1 unspecified atom stereocenters. The molecular weight excluding hydrogens is 174 g/mol. The average molecular weight is 191 g/mol. The Morgan fingerprint density at radius 1 is 1.36 bits per heavy atom. The molecule has 14 heavy (non-hydrogen) atoms. The predicted molar refractivity (Wildman–Crippen MR) is 58.2 cm³/mol. The van der Waals surface area contributed by atoms with E-state index in [0.717, 1.165) is 19.3 Å². The molecule has 0 aliphatic rings. The van der Waals surface area contributed by atoms with Gasteiger partial charge in [-0.25, -0.2) is 0 Å². The number of hydrogen-bond acceptors (Lipinski definition) is 2. The topological polar surface area (TPSA) is 29.1 Å². The van der Waals surface area contributed by atoms with Crippen molar-refractivity contribution in [1.29, 1.82) is 0 Å². The zero-order chi connectivity index (χ0) is 10.2. The predicted octanol–water partition coefficient (Wildman–Crippen LogP) is 2.32. The van der Waals surface area contributed by atoms with E-state index in [1.54, 1.807) is 0 Å². The summed E-state index contributed by atoms with van der Waals surface area (Å²) in [5, 5.41) is 3.37. The van der Waals surface area contributed by atoms with Crippen LogP contribution in [0, 0.1) is 0 Å². The molecule has 0 aliphatic heterocycles. The second-order valence-electron chi connectivity index (χ2n) is 3.26. The fourth-order valence-electron chi connectivity index (χ4n) is 1.55. The highest BCUT2D eigenvalue weighted by atomic mass is 16.1. The van der Waals surface area contributed by atoms with Gasteiger partial charge in [0, 0.05) is 12.5 Å². The summed E-state index contributed by atoms with van der Waals surface area (Å²) in [7, 11) is 0. The van der Waals surface area contributed by atoms with Crippen molar-refractivity contribution < 1.29 is 4.79 Å². The van der Waals surface area contributed by atoms with E-state index in [0.29, 0.717) is 12.5 Å². The summed E-state index contributed by atoms with van der Waals surface area (Å²) in [5.41, 5.74) is 1.26. The zero-order valence-corrected chi connectivity index (χ0v) is 8.57. The minimum atomic E-state index is 0.311. The lowest BCUT2D eigenvalue weighted by Gasteiger charge is -2.16. The fraction of sp³-hybridized carbons (Fsp3) is 0.417. The second kappa shape index (κ2) is 6.33. The van der Waals surface area contributed by atoms with Crippen LogP contribution >= 0.6 is 0 Å². The van der Waals surface area contributed by atoms with E-state index in [1.807, 2.05) is 18.2 Å². The Bertz CT molecular complexity index is 258. The van der Waals surface area contributed by atoms with Crippen LogP contribution in [-0.4, -0.2) is 12.8 Å². The number of nitrogens with one attached hydrogen (secondary N) is 1. The Hall–Kier alpha value is -1.15. The van der Waals surface area contributed by atoms with E-state index in [2.05, 4.69) is 24.4 Å². The van der Waals surface area contributed by atoms with Gasteiger partial charge in [-0.3, -0.25) is 0 Å². The van der Waals surface area contributed by atoms with Crippen LogP contribution in [0.3, 0.4) is 0 Å². The second-order valence-corrected chi connectivity index (χ2v) is 3.26. The molecular formula is C12H17NO. The molecule has 0 saturated heterocycles. The Balaban J connectivity index is 2.62. The minimum Gasteiger partial charge on any atom is -0.310 e. The third-order valence-electron chi connectivity index (χ3n) is 2.23. The van der Waals surface area contributed by atoms with Crippen LogP contribution < -0.4 is 5.32 Å². The fourth-order valence-corrected chi connectivity index (χ4v) is 1.55. The maximum atomic E-state index is 10.3. The number of hydrogen-bond donors (Lipinski definition) is 1. The molecule has 0 aliphatic carbocycles. The largest absolute Gasteiger partial charge is 0.310 e. The van der Waals surface area contributed by atoms with Crippen molar-refractivity contribution in [2.24, 2.45) is 0 Å². The first-order valence-electron chi connectivity index (χ1n) is 5.10. The van der Waals surface area contributed by atoms with Crippen molar-refractivity contribution >= 4 is 6.29 Å². The number of carbonyl (C=O) groups is 1. The summed E-state index contributed by atoms with van der Waals surface area (Å²) >= 11 is 0. The Labute approximate surface area is 85.3 Å². The molecule has 1 N–H and O–H groups in total. The lowest BCUT2D eigenvalue weighted by atomic mass is 10.0. The van der Waals surface area contributed by atoms with Crippen molar-refractivity contribution in [3.05, 3.63) is 35.9 Å². The number of aldehydes is 1. The summed E-state index contributed by atoms with van der Waals surface area (Å²) < 4.78 is 0. The molecule has 0 heterocycles. The van der Waals surface area contributed by atoms with Crippen LogP contribution in [0.25, 0.3) is 0 Å². The van der Waals surface area contributed by atoms with Gasteiger partial charge in [-0.2, -0.15) is 0 Å². The maximum absolute atomic E-state index is 10.3. The minimum absolute atomic E-state index is 0.311. The molecule has 0 saturated carbocycles. The molecule has 0 amide bonds. The van der Waals surface area contributed by atoms with E-state index in [9.17, 15) is 4.79 Å². The van der Waals surface area contributed by atoms with Gasteiger partial charge in [-0.1, -0.05) is 37.3 Å². The average Bonchev–Trinajstić information content (AvgIpc) is 2.25. The van der Waals surface area contributed by atoms with Crippen LogP contribution in [0.2, 0.25) is 0 Å². The van der Waals surface area contributed by atoms with Gasteiger partial charge >= 0.3 is 0 Å². The lowest BCUT2D eigenvalue weighted by molar-refractivity contribution is -0.108. The summed E-state index contributed by atoms with van der Waals surface area (Å²) in [6, 6.07) is 10.6. The highest BCUT2D eigenvalue weighted by Gasteiger charge is 2.08. The van der Waals surface area contributed by atoms with Gasteiger partial charge in [0.15, 0.2) is 0 Å². The van der Waals surface area contributed by atoms with Crippen LogP contribution in [-0.2, 0) is 4.79 Å². The summed E-state index contributed by atoms with van der Waals surface area (Å²) in [4.78, 5) is 10.3. The first kappa shape index (κ1) is 10.9. The first-order chi connectivity index (χ1) is 6.88. The van der Waals surface area contributed by atoms with Gasteiger partial charge in [0.2, 0.25) is 0 Å². The number of carbonyl (C=O) groups excluding carboxylic acids is 1. The Morgan fingerprint density at radius 3 is 2.64 bits per heavy atom. The zero-order valence-electron chi connectivity index (χ0n) is 8.57. The Morgan fingerprint density at radius 2 is 2.07 bits per heavy atom. The van der Waals surface area contributed by atoms with Gasteiger partial charge in [0.1, 0.15) is 6.29 Å². The highest BCUT2D eigenvalue weighted by molar-refractivity contribution is 5.49. The molecule has 1 aromatic rings. The molecule has 0 bridgehead atoms. The molecule has 76 valence electrons.